The van der Waals surface area contributed by atoms with Gasteiger partial charge in [-0.15, -0.1) is 0 Å². The normalized spacial score (nSPS) is 34.4. The van der Waals surface area contributed by atoms with E-state index in [1.807, 2.05) is 0 Å². The maximum atomic E-state index is 3.87. The van der Waals surface area contributed by atoms with Gasteiger partial charge in [0.15, 0.2) is 0 Å². The Morgan fingerprint density at radius 1 is 1.05 bits per heavy atom. The highest BCUT2D eigenvalue weighted by atomic mass is 32.2. The number of nitrogens with one attached hydrogen (secondary N) is 1. The van der Waals surface area contributed by atoms with Crippen molar-refractivity contribution in [1.82, 2.24) is 5.32 Å². The third-order valence-electron chi connectivity index (χ3n) is 6.24. The van der Waals surface area contributed by atoms with Crippen LogP contribution in [0.3, 0.4) is 0 Å². The van der Waals surface area contributed by atoms with E-state index in [-0.39, 0.29) is 0 Å². The van der Waals surface area contributed by atoms with E-state index in [0.29, 0.717) is 0 Å². The largest absolute Gasteiger partial charge is 0.313 e. The molecule has 0 aromatic rings. The van der Waals surface area contributed by atoms with E-state index in [9.17, 15) is 0 Å². The van der Waals surface area contributed by atoms with Crippen molar-refractivity contribution in [3.63, 3.8) is 0 Å². The van der Waals surface area contributed by atoms with Crippen molar-refractivity contribution in [2.75, 3.05) is 12.3 Å². The Morgan fingerprint density at radius 2 is 1.90 bits per heavy atom. The molecule has 3 aliphatic rings. The summed E-state index contributed by atoms with van der Waals surface area (Å²) in [7, 11) is 0. The van der Waals surface area contributed by atoms with Gasteiger partial charge in [0.05, 0.1) is 0 Å². The Bertz CT molecular complexity index is 300. The molecule has 1 nitrogen and oxygen atoms in total. The van der Waals surface area contributed by atoms with E-state index in [4.69, 9.17) is 0 Å². The average molecular weight is 310 g/mol. The van der Waals surface area contributed by atoms with Gasteiger partial charge in [-0.05, 0) is 69.2 Å². The summed E-state index contributed by atoms with van der Waals surface area (Å²) in [4.78, 5) is 0. The van der Waals surface area contributed by atoms with Crippen molar-refractivity contribution >= 4 is 11.8 Å². The van der Waals surface area contributed by atoms with Crippen molar-refractivity contribution in [1.29, 1.82) is 0 Å². The summed E-state index contributed by atoms with van der Waals surface area (Å²) >= 11 is 2.30. The van der Waals surface area contributed by atoms with Gasteiger partial charge in [-0.25, -0.2) is 0 Å². The monoisotopic (exact) mass is 309 g/mol. The van der Waals surface area contributed by atoms with Gasteiger partial charge in [-0.3, -0.25) is 0 Å². The molecule has 3 rings (SSSR count). The van der Waals surface area contributed by atoms with E-state index >= 15 is 0 Å². The average Bonchev–Trinajstić information content (AvgIpc) is 3.13. The van der Waals surface area contributed by atoms with E-state index in [2.05, 4.69) is 24.0 Å². The van der Waals surface area contributed by atoms with Crippen LogP contribution in [0, 0.1) is 17.8 Å². The van der Waals surface area contributed by atoms with Crippen molar-refractivity contribution in [2.45, 2.75) is 88.8 Å². The molecule has 3 fully saturated rings. The van der Waals surface area contributed by atoms with Crippen LogP contribution in [0.4, 0.5) is 0 Å². The van der Waals surface area contributed by atoms with Crippen LogP contribution in [-0.4, -0.2) is 23.6 Å². The van der Waals surface area contributed by atoms with Crippen molar-refractivity contribution in [3.05, 3.63) is 0 Å². The first-order valence-corrected chi connectivity index (χ1v) is 10.7. The minimum absolute atomic E-state index is 0.793. The molecule has 2 bridgehead atoms. The molecule has 0 aromatic heterocycles. The molecule has 4 atom stereocenters. The van der Waals surface area contributed by atoms with Gasteiger partial charge in [-0.2, -0.15) is 11.8 Å². The van der Waals surface area contributed by atoms with E-state index in [0.717, 1.165) is 29.0 Å². The Hall–Kier alpha value is 0.310. The van der Waals surface area contributed by atoms with Gasteiger partial charge in [0.2, 0.25) is 0 Å². The molecule has 4 unspecified atom stereocenters. The predicted octanol–water partition coefficient (Wildman–Crippen LogP) is 5.25. The maximum absolute atomic E-state index is 3.87. The topological polar surface area (TPSA) is 12.0 Å². The number of hydrogen-bond acceptors (Lipinski definition) is 2. The summed E-state index contributed by atoms with van der Waals surface area (Å²) in [6, 6.07) is 0.793. The Balaban J connectivity index is 1.43. The molecule has 0 radical (unpaired) electrons. The quantitative estimate of drug-likeness (QED) is 0.657. The summed E-state index contributed by atoms with van der Waals surface area (Å²) in [5.41, 5.74) is 0. The van der Waals surface area contributed by atoms with Gasteiger partial charge in [0.25, 0.3) is 0 Å². The van der Waals surface area contributed by atoms with Crippen LogP contribution < -0.4 is 5.32 Å². The fourth-order valence-electron chi connectivity index (χ4n) is 5.07. The molecule has 1 N–H and O–H groups in total. The Labute approximate surface area is 136 Å². The third kappa shape index (κ3) is 4.64. The zero-order valence-electron chi connectivity index (χ0n) is 14.0. The zero-order chi connectivity index (χ0) is 14.5. The van der Waals surface area contributed by atoms with Crippen LogP contribution in [-0.2, 0) is 0 Å². The predicted molar refractivity (Wildman–Crippen MR) is 95.0 cm³/mol. The molecule has 0 aliphatic heterocycles. The Morgan fingerprint density at radius 3 is 2.57 bits per heavy atom. The van der Waals surface area contributed by atoms with Gasteiger partial charge < -0.3 is 5.32 Å². The van der Waals surface area contributed by atoms with E-state index in [1.165, 1.54) is 57.2 Å². The lowest BCUT2D eigenvalue weighted by molar-refractivity contribution is 0.286. The minimum atomic E-state index is 0.793. The third-order valence-corrected chi connectivity index (χ3v) is 7.78. The second-order valence-electron chi connectivity index (χ2n) is 7.92. The summed E-state index contributed by atoms with van der Waals surface area (Å²) in [5, 5.41) is 4.85. The molecule has 3 aliphatic carbocycles. The van der Waals surface area contributed by atoms with Crippen LogP contribution in [0.15, 0.2) is 0 Å². The van der Waals surface area contributed by atoms with Crippen molar-refractivity contribution in [2.24, 2.45) is 17.8 Å². The second-order valence-corrected chi connectivity index (χ2v) is 9.25. The minimum Gasteiger partial charge on any atom is -0.313 e. The van der Waals surface area contributed by atoms with Crippen molar-refractivity contribution in [3.8, 4) is 0 Å². The fraction of sp³-hybridized carbons (Fsp3) is 1.00. The highest BCUT2D eigenvalue weighted by Gasteiger charge is 2.40. The number of fused-ring (bicyclic) bond motifs is 2. The number of thioether (sulfide) groups is 1. The molecule has 0 aromatic carbocycles. The summed E-state index contributed by atoms with van der Waals surface area (Å²) in [6.45, 7) is 3.52. The van der Waals surface area contributed by atoms with E-state index in [1.54, 1.807) is 25.7 Å². The van der Waals surface area contributed by atoms with Crippen LogP contribution in [0.1, 0.15) is 77.6 Å². The standard InChI is InChI=1S/C19H35NS/c1-2-10-20-18(14-21-19-6-4-3-5-7-19)13-17-12-15-8-9-16(17)11-15/h15-20H,2-14H2,1H3. The zero-order valence-corrected chi connectivity index (χ0v) is 14.8. The molecule has 0 amide bonds. The SMILES string of the molecule is CCCNC(CSC1CCCCC1)CC1CC2CCC1C2. The second kappa shape index (κ2) is 8.24. The van der Waals surface area contributed by atoms with Crippen molar-refractivity contribution < 1.29 is 0 Å². The van der Waals surface area contributed by atoms with Gasteiger partial charge >= 0.3 is 0 Å². The lowest BCUT2D eigenvalue weighted by Gasteiger charge is -2.29. The lowest BCUT2D eigenvalue weighted by atomic mass is 9.84. The number of hydrogen-bond donors (Lipinski definition) is 1. The van der Waals surface area contributed by atoms with Gasteiger partial charge in [0.1, 0.15) is 0 Å². The molecular formula is C19H35NS. The van der Waals surface area contributed by atoms with Crippen LogP contribution in [0.25, 0.3) is 0 Å². The molecule has 122 valence electrons. The molecule has 2 heteroatoms. The Kier molecular flexibility index (Phi) is 6.35. The number of rotatable bonds is 8. The summed E-state index contributed by atoms with van der Waals surface area (Å²) < 4.78 is 0. The van der Waals surface area contributed by atoms with Crippen LogP contribution >= 0.6 is 11.8 Å². The van der Waals surface area contributed by atoms with Gasteiger partial charge in [-0.1, -0.05) is 32.6 Å². The van der Waals surface area contributed by atoms with Crippen LogP contribution in [0.5, 0.6) is 0 Å². The first-order chi connectivity index (χ1) is 10.3. The molecule has 21 heavy (non-hydrogen) atoms. The first kappa shape index (κ1) is 16.2. The maximum Gasteiger partial charge on any atom is 0.0161 e. The van der Waals surface area contributed by atoms with E-state index < -0.39 is 0 Å². The smallest absolute Gasteiger partial charge is 0.0161 e. The highest BCUT2D eigenvalue weighted by Crippen LogP contribution is 2.50. The molecule has 0 saturated heterocycles. The summed E-state index contributed by atoms with van der Waals surface area (Å²) in [6.07, 6.45) is 16.4. The fourth-order valence-corrected chi connectivity index (χ4v) is 6.50. The highest BCUT2D eigenvalue weighted by molar-refractivity contribution is 7.99. The van der Waals surface area contributed by atoms with Gasteiger partial charge in [0, 0.05) is 17.0 Å². The molecule has 0 heterocycles. The molecule has 0 spiro atoms. The molecule has 3 saturated carbocycles. The summed E-state index contributed by atoms with van der Waals surface area (Å²) in [5.74, 6) is 4.64. The van der Waals surface area contributed by atoms with Crippen LogP contribution in [0.2, 0.25) is 0 Å². The molecular weight excluding hydrogens is 274 g/mol. The first-order valence-electron chi connectivity index (χ1n) is 9.70. The lowest BCUT2D eigenvalue weighted by Crippen LogP contribution is -2.35.